The van der Waals surface area contributed by atoms with Gasteiger partial charge in [0, 0.05) is 0 Å². The van der Waals surface area contributed by atoms with E-state index in [4.69, 9.17) is 9.84 Å². The molecule has 0 saturated carbocycles. The van der Waals surface area contributed by atoms with Gasteiger partial charge in [0.1, 0.15) is 11.8 Å². The number of carbonyl (C=O) groups is 1. The predicted octanol–water partition coefficient (Wildman–Crippen LogP) is 2.51. The zero-order valence-corrected chi connectivity index (χ0v) is 13.5. The van der Waals surface area contributed by atoms with E-state index in [1.165, 1.54) is 31.4 Å². The third kappa shape index (κ3) is 4.23. The van der Waals surface area contributed by atoms with Crippen molar-refractivity contribution < 1.29 is 27.6 Å². The maximum absolute atomic E-state index is 14.0. The minimum atomic E-state index is -4.12. The zero-order valence-electron chi connectivity index (χ0n) is 12.7. The van der Waals surface area contributed by atoms with Crippen LogP contribution >= 0.6 is 0 Å². The smallest absolute Gasteiger partial charge is 0.376 e. The average molecular weight is 335 g/mol. The summed E-state index contributed by atoms with van der Waals surface area (Å²) < 4.78 is 46.4. The molecule has 0 spiro atoms. The van der Waals surface area contributed by atoms with Crippen LogP contribution in [-0.2, 0) is 15.8 Å². The van der Waals surface area contributed by atoms with Gasteiger partial charge >= 0.3 is 11.9 Å². The summed E-state index contributed by atoms with van der Waals surface area (Å²) in [7, 11) is -0.441. The van der Waals surface area contributed by atoms with E-state index in [0.717, 1.165) is 0 Å². The van der Waals surface area contributed by atoms with Gasteiger partial charge in [-0.25, -0.2) is 13.7 Å². The van der Waals surface area contributed by atoms with Gasteiger partial charge < -0.3 is 9.84 Å². The fourth-order valence-corrected chi connectivity index (χ4v) is 2.41. The molecule has 0 bridgehead atoms. The van der Waals surface area contributed by atoms with Crippen molar-refractivity contribution in [2.45, 2.75) is 37.5 Å². The second-order valence-electron chi connectivity index (χ2n) is 5.63. The van der Waals surface area contributed by atoms with E-state index in [9.17, 15) is 17.8 Å². The lowest BCUT2D eigenvalue weighted by Crippen LogP contribution is -2.47. The normalized spacial score (nSPS) is 15.2. The molecule has 0 fully saturated rings. The summed E-state index contributed by atoms with van der Waals surface area (Å²) in [6.45, 7) is 4.79. The lowest BCUT2D eigenvalue weighted by atomic mass is 10.0. The topological polar surface area (TPSA) is 75.6 Å². The Morgan fingerprint density at radius 1 is 1.27 bits per heavy atom. The second-order valence-corrected chi connectivity index (χ2v) is 7.63. The monoisotopic (exact) mass is 335 g/mol. The number of carboxylic acid groups (broad SMARTS) is 1. The van der Waals surface area contributed by atoms with Gasteiger partial charge in [-0.3, -0.25) is 0 Å². The van der Waals surface area contributed by atoms with E-state index in [1.807, 2.05) is 0 Å². The number of alkyl halides is 2. The molecule has 0 saturated heterocycles. The maximum atomic E-state index is 14.0. The van der Waals surface area contributed by atoms with Crippen LogP contribution in [0.15, 0.2) is 24.3 Å². The molecule has 124 valence electrons. The van der Waals surface area contributed by atoms with E-state index >= 15 is 0 Å². The van der Waals surface area contributed by atoms with Crippen molar-refractivity contribution in [1.82, 2.24) is 4.72 Å². The first-order chi connectivity index (χ1) is 10.00. The molecule has 2 N–H and O–H groups in total. The maximum Gasteiger partial charge on any atom is 0.376 e. The molecule has 0 aliphatic rings. The number of rotatable bonds is 6. The number of methoxy groups -OCH3 is 1. The van der Waals surface area contributed by atoms with E-state index in [-0.39, 0.29) is 5.56 Å². The molecule has 5 nitrogen and oxygen atoms in total. The molecule has 0 unspecified atom stereocenters. The molecule has 8 heteroatoms. The standard InChI is InChI=1S/C14H19F2NO4S/c1-13(2,3)22(20)17-11(14(15,16)12(18)19)9-5-7-10(21-4)8-6-9/h5-8,11,17H,1-4H3,(H,18,19)/t11-,22-/m1/s1. The summed E-state index contributed by atoms with van der Waals surface area (Å²) >= 11 is 0. The predicted molar refractivity (Wildman–Crippen MR) is 79.3 cm³/mol. The number of ether oxygens (including phenoxy) is 1. The Labute approximate surface area is 130 Å². The van der Waals surface area contributed by atoms with Crippen molar-refractivity contribution in [3.8, 4) is 5.75 Å². The Bertz CT molecular complexity index is 555. The van der Waals surface area contributed by atoms with Crippen molar-refractivity contribution in [1.29, 1.82) is 0 Å². The first-order valence-corrected chi connectivity index (χ1v) is 7.58. The third-order valence-electron chi connectivity index (χ3n) is 2.88. The summed E-state index contributed by atoms with van der Waals surface area (Å²) in [4.78, 5) is 10.9. The van der Waals surface area contributed by atoms with E-state index < -0.39 is 33.7 Å². The van der Waals surface area contributed by atoms with Gasteiger partial charge in [-0.05, 0) is 38.5 Å². The van der Waals surface area contributed by atoms with E-state index in [0.29, 0.717) is 5.75 Å². The van der Waals surface area contributed by atoms with Crippen molar-refractivity contribution in [2.24, 2.45) is 0 Å². The zero-order chi connectivity index (χ0) is 17.1. The first-order valence-electron chi connectivity index (χ1n) is 6.43. The number of nitrogens with one attached hydrogen (secondary N) is 1. The SMILES string of the molecule is COc1ccc([C@@H](N[S@](=O)C(C)(C)C)C(F)(F)C(=O)O)cc1. The highest BCUT2D eigenvalue weighted by atomic mass is 32.2. The molecule has 1 aromatic rings. The Kier molecular flexibility index (Phi) is 5.64. The van der Waals surface area contributed by atoms with Crippen molar-refractivity contribution in [3.05, 3.63) is 29.8 Å². The van der Waals surface area contributed by atoms with Gasteiger partial charge in [0.05, 0.1) is 22.8 Å². The van der Waals surface area contributed by atoms with E-state index in [2.05, 4.69) is 4.72 Å². The largest absolute Gasteiger partial charge is 0.497 e. The van der Waals surface area contributed by atoms with Gasteiger partial charge in [-0.2, -0.15) is 8.78 Å². The second kappa shape index (κ2) is 6.70. The van der Waals surface area contributed by atoms with Crippen LogP contribution in [0.4, 0.5) is 8.78 Å². The molecular formula is C14H19F2NO4S. The molecule has 0 radical (unpaired) electrons. The van der Waals surface area contributed by atoms with Crippen LogP contribution in [0.25, 0.3) is 0 Å². The Balaban J connectivity index is 3.21. The van der Waals surface area contributed by atoms with Crippen molar-refractivity contribution in [2.75, 3.05) is 7.11 Å². The summed E-state index contributed by atoms with van der Waals surface area (Å²) in [6, 6.07) is 3.57. The van der Waals surface area contributed by atoms with Crippen LogP contribution in [0, 0.1) is 0 Å². The average Bonchev–Trinajstić information content (AvgIpc) is 2.43. The molecule has 1 rings (SSSR count). The Morgan fingerprint density at radius 2 is 1.77 bits per heavy atom. The number of halogens is 2. The van der Waals surface area contributed by atoms with Gasteiger partial charge in [-0.1, -0.05) is 12.1 Å². The minimum absolute atomic E-state index is 0.00537. The van der Waals surface area contributed by atoms with Gasteiger partial charge in [-0.15, -0.1) is 0 Å². The van der Waals surface area contributed by atoms with Crippen LogP contribution in [-0.4, -0.2) is 33.1 Å². The van der Waals surface area contributed by atoms with Gasteiger partial charge in [0.25, 0.3) is 0 Å². The molecule has 0 aliphatic heterocycles. The highest BCUT2D eigenvalue weighted by Gasteiger charge is 2.49. The van der Waals surface area contributed by atoms with Crippen molar-refractivity contribution in [3.63, 3.8) is 0 Å². The number of carboxylic acids is 1. The number of aliphatic carboxylic acids is 1. The van der Waals surface area contributed by atoms with E-state index in [1.54, 1.807) is 20.8 Å². The molecule has 2 atom stereocenters. The molecular weight excluding hydrogens is 316 g/mol. The summed E-state index contributed by atoms with van der Waals surface area (Å²) in [5, 5.41) is 8.78. The lowest BCUT2D eigenvalue weighted by molar-refractivity contribution is -0.168. The van der Waals surface area contributed by atoms with Crippen molar-refractivity contribution >= 4 is 17.0 Å². The van der Waals surface area contributed by atoms with Crippen LogP contribution in [0.3, 0.4) is 0 Å². The third-order valence-corrected chi connectivity index (χ3v) is 4.44. The van der Waals surface area contributed by atoms with Crippen LogP contribution in [0.5, 0.6) is 5.75 Å². The Hall–Kier alpha value is -1.54. The van der Waals surface area contributed by atoms with Crippen LogP contribution < -0.4 is 9.46 Å². The molecule has 1 aromatic carbocycles. The summed E-state index contributed by atoms with van der Waals surface area (Å²) in [5.74, 6) is -5.96. The molecule has 0 amide bonds. The fraction of sp³-hybridized carbons (Fsp3) is 0.500. The quantitative estimate of drug-likeness (QED) is 0.837. The van der Waals surface area contributed by atoms with Crippen LogP contribution in [0.1, 0.15) is 32.4 Å². The van der Waals surface area contributed by atoms with Crippen LogP contribution in [0.2, 0.25) is 0 Å². The molecule has 0 aliphatic carbocycles. The summed E-state index contributed by atoms with van der Waals surface area (Å²) in [5.41, 5.74) is 0.00537. The van der Waals surface area contributed by atoms with Gasteiger partial charge in [0.2, 0.25) is 0 Å². The van der Waals surface area contributed by atoms with Gasteiger partial charge in [0.15, 0.2) is 0 Å². The Morgan fingerprint density at radius 3 is 2.14 bits per heavy atom. The number of hydrogen-bond acceptors (Lipinski definition) is 3. The summed E-state index contributed by atoms with van der Waals surface area (Å²) in [6.07, 6.45) is 0. The fourth-order valence-electron chi connectivity index (χ4n) is 1.56. The number of benzene rings is 1. The lowest BCUT2D eigenvalue weighted by Gasteiger charge is -2.28. The molecule has 0 aromatic heterocycles. The molecule has 22 heavy (non-hydrogen) atoms. The number of hydrogen-bond donors (Lipinski definition) is 2. The molecule has 0 heterocycles. The minimum Gasteiger partial charge on any atom is -0.497 e. The highest BCUT2D eigenvalue weighted by Crippen LogP contribution is 2.33. The highest BCUT2D eigenvalue weighted by molar-refractivity contribution is 7.84. The first kappa shape index (κ1) is 18.5.